The van der Waals surface area contributed by atoms with Crippen molar-refractivity contribution in [1.82, 2.24) is 16.0 Å². The third-order valence-electron chi connectivity index (χ3n) is 5.54. The van der Waals surface area contributed by atoms with Crippen molar-refractivity contribution in [2.24, 2.45) is 5.92 Å². The molecule has 0 radical (unpaired) electrons. The third-order valence-corrected chi connectivity index (χ3v) is 5.54. The number of hydrogen-bond acceptors (Lipinski definition) is 7. The van der Waals surface area contributed by atoms with Crippen molar-refractivity contribution in [1.29, 1.82) is 0 Å². The van der Waals surface area contributed by atoms with Crippen LogP contribution >= 0.6 is 0 Å². The second kappa shape index (κ2) is 20.1. The summed E-state index contributed by atoms with van der Waals surface area (Å²) in [6.45, 7) is 8.70. The molecule has 0 aliphatic heterocycles. The molecule has 12 heteroatoms. The Labute approximate surface area is 264 Å². The molecule has 45 heavy (non-hydrogen) atoms. The molecular formula is C33H47F2N3O7. The number of ether oxygens (including phenoxy) is 3. The maximum Gasteiger partial charge on any atom is 0.408 e. The van der Waals surface area contributed by atoms with Crippen molar-refractivity contribution >= 4 is 23.9 Å². The van der Waals surface area contributed by atoms with Crippen LogP contribution in [0.5, 0.6) is 0 Å². The highest BCUT2D eigenvalue weighted by Gasteiger charge is 2.30. The van der Waals surface area contributed by atoms with Crippen molar-refractivity contribution in [3.05, 3.63) is 71.8 Å². The molecule has 1 unspecified atom stereocenters. The molecule has 0 aliphatic carbocycles. The van der Waals surface area contributed by atoms with Crippen LogP contribution in [0.1, 0.15) is 66.0 Å². The Hall–Kier alpha value is -4.06. The Balaban J connectivity index is 0.00000238. The third kappa shape index (κ3) is 18.4. The van der Waals surface area contributed by atoms with Gasteiger partial charge in [-0.15, -0.1) is 0 Å². The summed E-state index contributed by atoms with van der Waals surface area (Å²) in [6, 6.07) is 14.1. The number of carbonyl (C=O) groups is 4. The number of nitrogens with one attached hydrogen (secondary N) is 3. The Morgan fingerprint density at radius 3 is 1.80 bits per heavy atom. The summed E-state index contributed by atoms with van der Waals surface area (Å²) in [5.74, 6) is -1.69. The van der Waals surface area contributed by atoms with Gasteiger partial charge in [-0.2, -0.15) is 8.78 Å². The average molecular weight is 636 g/mol. The van der Waals surface area contributed by atoms with Gasteiger partial charge in [0.25, 0.3) is 0 Å². The number of amides is 3. The normalized spacial score (nSPS) is 13.0. The second-order valence-electron chi connectivity index (χ2n) is 11.9. The Kier molecular flexibility index (Phi) is 17.4. The first-order valence-corrected chi connectivity index (χ1v) is 14.8. The monoisotopic (exact) mass is 635 g/mol. The van der Waals surface area contributed by atoms with Gasteiger partial charge in [0.1, 0.15) is 24.3 Å². The maximum absolute atomic E-state index is 13.1. The van der Waals surface area contributed by atoms with Crippen molar-refractivity contribution in [2.45, 2.75) is 98.3 Å². The quantitative estimate of drug-likeness (QED) is 0.245. The number of rotatable bonds is 14. The lowest BCUT2D eigenvalue weighted by molar-refractivity contribution is -0.161. The molecule has 0 saturated heterocycles. The molecule has 250 valence electrons. The number of alkyl carbamates (subject to hydrolysis) is 1. The van der Waals surface area contributed by atoms with Crippen molar-refractivity contribution in [3.8, 4) is 0 Å². The van der Waals surface area contributed by atoms with Gasteiger partial charge in [-0.1, -0.05) is 81.4 Å². The van der Waals surface area contributed by atoms with Gasteiger partial charge >= 0.3 is 18.7 Å². The van der Waals surface area contributed by atoms with Gasteiger partial charge in [-0.05, 0) is 57.6 Å². The first-order valence-electron chi connectivity index (χ1n) is 14.8. The van der Waals surface area contributed by atoms with E-state index < -0.39 is 60.8 Å². The van der Waals surface area contributed by atoms with E-state index in [0.717, 1.165) is 11.5 Å². The summed E-state index contributed by atoms with van der Waals surface area (Å²) in [5, 5.41) is 7.30. The van der Waals surface area contributed by atoms with Gasteiger partial charge in [0.15, 0.2) is 6.04 Å². The molecule has 0 bridgehead atoms. The Morgan fingerprint density at radius 1 is 0.756 bits per heavy atom. The molecule has 0 saturated carbocycles. The summed E-state index contributed by atoms with van der Waals surface area (Å²) < 4.78 is 40.0. The fraction of sp³-hybridized carbons (Fsp3) is 0.515. The molecule has 2 aromatic rings. The lowest BCUT2D eigenvalue weighted by Gasteiger charge is -2.25. The van der Waals surface area contributed by atoms with Gasteiger partial charge in [-0.3, -0.25) is 9.59 Å². The second-order valence-corrected chi connectivity index (χ2v) is 11.9. The Morgan fingerprint density at radius 2 is 1.29 bits per heavy atom. The summed E-state index contributed by atoms with van der Waals surface area (Å²) in [5.41, 5.74) is 0.778. The molecule has 0 heterocycles. The van der Waals surface area contributed by atoms with E-state index in [0.29, 0.717) is 12.0 Å². The predicted octanol–water partition coefficient (Wildman–Crippen LogP) is 5.15. The van der Waals surface area contributed by atoms with E-state index in [2.05, 4.69) is 41.5 Å². The zero-order valence-corrected chi connectivity index (χ0v) is 27.1. The molecule has 3 atom stereocenters. The van der Waals surface area contributed by atoms with Crippen LogP contribution in [-0.2, 0) is 41.6 Å². The summed E-state index contributed by atoms with van der Waals surface area (Å²) in [6.07, 6.45) is -0.177. The van der Waals surface area contributed by atoms with E-state index in [4.69, 9.17) is 9.47 Å². The van der Waals surface area contributed by atoms with Gasteiger partial charge in [0, 0.05) is 0 Å². The zero-order valence-electron chi connectivity index (χ0n) is 27.1. The smallest absolute Gasteiger partial charge is 0.408 e. The minimum Gasteiger partial charge on any atom is -0.459 e. The summed E-state index contributed by atoms with van der Waals surface area (Å²) in [4.78, 5) is 50.9. The molecule has 0 aromatic heterocycles. The maximum atomic E-state index is 13.1. The molecule has 3 amide bonds. The lowest BCUT2D eigenvalue weighted by atomic mass is 10.0. The number of hydrogen-bond donors (Lipinski definition) is 3. The summed E-state index contributed by atoms with van der Waals surface area (Å²) in [7, 11) is 0. The van der Waals surface area contributed by atoms with Gasteiger partial charge < -0.3 is 30.2 Å². The SMILES string of the molecule is CC(C)C.CC(NC(=O)[C@H](CCc1ccccc1)NC(=O)OC(C)(C)C)C(=O)N[C@@H](COC(F)F)C(=O)OCc1ccccc1. The largest absolute Gasteiger partial charge is 0.459 e. The van der Waals surface area contributed by atoms with E-state index >= 15 is 0 Å². The fourth-order valence-corrected chi connectivity index (χ4v) is 3.52. The van der Waals surface area contributed by atoms with Crippen LogP contribution in [0.2, 0.25) is 0 Å². The minimum absolute atomic E-state index is 0.146. The van der Waals surface area contributed by atoms with Crippen LogP contribution in [0.15, 0.2) is 60.7 Å². The van der Waals surface area contributed by atoms with Crippen molar-refractivity contribution in [2.75, 3.05) is 6.61 Å². The van der Waals surface area contributed by atoms with E-state index in [1.807, 2.05) is 30.3 Å². The average Bonchev–Trinajstić information content (AvgIpc) is 2.95. The number of halogens is 2. The number of carbonyl (C=O) groups excluding carboxylic acids is 4. The number of benzene rings is 2. The van der Waals surface area contributed by atoms with Crippen molar-refractivity contribution < 1.29 is 42.2 Å². The molecule has 0 spiro atoms. The standard InChI is InChI=1S/C29H37F2N3O7.C4H10/c1-19(24(35)33-23(18-40-27(30)31)26(37)39-17-21-13-9-6-10-14-21)32-25(36)22(34-28(38)41-29(2,3)4)16-15-20-11-7-5-8-12-20;1-4(2)3/h5-14,19,22-23,27H,15-18H2,1-4H3,(H,32,36)(H,33,35)(H,34,38);4H,1-3H3/t19?,22-,23-;/m0./s1. The van der Waals surface area contributed by atoms with E-state index in [1.54, 1.807) is 51.1 Å². The van der Waals surface area contributed by atoms with Crippen LogP contribution in [0.25, 0.3) is 0 Å². The van der Waals surface area contributed by atoms with Crippen LogP contribution in [0, 0.1) is 5.92 Å². The number of esters is 1. The molecule has 3 N–H and O–H groups in total. The highest BCUT2D eigenvalue weighted by atomic mass is 19.3. The van der Waals surface area contributed by atoms with Crippen LogP contribution in [0.4, 0.5) is 13.6 Å². The lowest BCUT2D eigenvalue weighted by Crippen LogP contribution is -2.56. The van der Waals surface area contributed by atoms with Crippen LogP contribution in [-0.4, -0.2) is 60.8 Å². The van der Waals surface area contributed by atoms with Gasteiger partial charge in [0.05, 0.1) is 6.61 Å². The van der Waals surface area contributed by atoms with E-state index in [-0.39, 0.29) is 13.0 Å². The number of alkyl halides is 2. The molecular weight excluding hydrogens is 588 g/mol. The fourth-order valence-electron chi connectivity index (χ4n) is 3.52. The summed E-state index contributed by atoms with van der Waals surface area (Å²) >= 11 is 0. The van der Waals surface area contributed by atoms with Gasteiger partial charge in [-0.25, -0.2) is 9.59 Å². The van der Waals surface area contributed by atoms with E-state index in [1.165, 1.54) is 6.92 Å². The molecule has 0 aliphatic rings. The zero-order chi connectivity index (χ0) is 34.0. The van der Waals surface area contributed by atoms with Gasteiger partial charge in [0.2, 0.25) is 11.8 Å². The molecule has 0 fully saturated rings. The minimum atomic E-state index is -3.18. The molecule has 2 rings (SSSR count). The number of aryl methyl sites for hydroxylation is 1. The van der Waals surface area contributed by atoms with Crippen molar-refractivity contribution in [3.63, 3.8) is 0 Å². The van der Waals surface area contributed by atoms with Crippen LogP contribution in [0.3, 0.4) is 0 Å². The molecule has 2 aromatic carbocycles. The highest BCUT2D eigenvalue weighted by Crippen LogP contribution is 2.10. The first-order chi connectivity index (χ1) is 21.1. The molecule has 10 nitrogen and oxygen atoms in total. The first kappa shape index (κ1) is 39.0. The van der Waals surface area contributed by atoms with E-state index in [9.17, 15) is 28.0 Å². The predicted molar refractivity (Wildman–Crippen MR) is 166 cm³/mol. The topological polar surface area (TPSA) is 132 Å². The Bertz CT molecular complexity index is 1170. The van der Waals surface area contributed by atoms with Crippen LogP contribution < -0.4 is 16.0 Å². The highest BCUT2D eigenvalue weighted by molar-refractivity contribution is 5.92.